The molecule has 0 bridgehead atoms. The maximum atomic E-state index is 12.7. The molecule has 1 rings (SSSR count). The highest BCUT2D eigenvalue weighted by Crippen LogP contribution is 2.25. The molecule has 2 heteroatoms. The molecule has 1 aliphatic carbocycles. The van der Waals surface area contributed by atoms with Gasteiger partial charge in [0.1, 0.15) is 12.0 Å². The molecule has 0 aromatic rings. The van der Waals surface area contributed by atoms with Gasteiger partial charge < -0.3 is 0 Å². The number of hydrogen-bond donors (Lipinski definition) is 0. The van der Waals surface area contributed by atoms with Crippen LogP contribution in [0.5, 0.6) is 0 Å². The molecule has 1 aliphatic rings. The summed E-state index contributed by atoms with van der Waals surface area (Å²) in [6.07, 6.45) is 2.58. The van der Waals surface area contributed by atoms with Crippen molar-refractivity contribution in [3.63, 3.8) is 0 Å². The molecule has 0 heterocycles. The highest BCUT2D eigenvalue weighted by atomic mass is 19.1. The largest absolute Gasteiger partial charge is 0.242 e. The van der Waals surface area contributed by atoms with E-state index in [1.165, 1.54) is 12.2 Å². The van der Waals surface area contributed by atoms with Crippen LogP contribution in [0.2, 0.25) is 0 Å². The van der Waals surface area contributed by atoms with Crippen molar-refractivity contribution < 1.29 is 8.78 Å². The maximum Gasteiger partial charge on any atom is 0.128 e. The van der Waals surface area contributed by atoms with E-state index >= 15 is 0 Å². The third kappa shape index (κ3) is 1.25. The molecule has 0 aliphatic heterocycles. The Morgan fingerprint density at radius 1 is 1.70 bits per heavy atom. The molecular weight excluding hydrogens is 134 g/mol. The topological polar surface area (TPSA) is 0 Å². The first-order chi connectivity index (χ1) is 4.75. The summed E-state index contributed by atoms with van der Waals surface area (Å²) in [7, 11) is 0. The second-order valence-corrected chi connectivity index (χ2v) is 2.33. The van der Waals surface area contributed by atoms with E-state index in [9.17, 15) is 8.78 Å². The van der Waals surface area contributed by atoms with Gasteiger partial charge in [0.2, 0.25) is 0 Å². The van der Waals surface area contributed by atoms with Gasteiger partial charge in [0.05, 0.1) is 0 Å². The average molecular weight is 144 g/mol. The van der Waals surface area contributed by atoms with E-state index in [0.29, 0.717) is 18.4 Å². The van der Waals surface area contributed by atoms with Gasteiger partial charge in [0, 0.05) is 6.42 Å². The Kier molecular flexibility index (Phi) is 2.20. The lowest BCUT2D eigenvalue weighted by atomic mass is 10.0. The van der Waals surface area contributed by atoms with Crippen LogP contribution in [0.15, 0.2) is 23.6 Å². The predicted octanol–water partition coefficient (Wildman–Crippen LogP) is 2.92. The lowest BCUT2D eigenvalue weighted by Gasteiger charge is -2.12. The molecule has 0 aromatic heterocycles. The Labute approximate surface area is 59.2 Å². The molecule has 1 atom stereocenters. The molecule has 0 radical (unpaired) electrons. The highest BCUT2D eigenvalue weighted by Gasteiger charge is 2.16. The van der Waals surface area contributed by atoms with Gasteiger partial charge in [-0.05, 0) is 18.1 Å². The van der Waals surface area contributed by atoms with Crippen molar-refractivity contribution in [1.29, 1.82) is 0 Å². The molecule has 56 valence electrons. The fourth-order valence-electron chi connectivity index (χ4n) is 1.08. The van der Waals surface area contributed by atoms with E-state index in [2.05, 4.69) is 0 Å². The molecule has 10 heavy (non-hydrogen) atoms. The lowest BCUT2D eigenvalue weighted by molar-refractivity contribution is 0.364. The monoisotopic (exact) mass is 144 g/mol. The Bertz CT molecular complexity index is 180. The van der Waals surface area contributed by atoms with Crippen LogP contribution in [0.3, 0.4) is 0 Å². The standard InChI is InChI=1S/C8H10F2/c1-2-6-7(9)4-3-5-8(6)10/h3-4,8H,2,5H2,1H3. The third-order valence-corrected chi connectivity index (χ3v) is 1.67. The molecule has 0 aromatic carbocycles. The fraction of sp³-hybridized carbons (Fsp3) is 0.500. The zero-order valence-corrected chi connectivity index (χ0v) is 5.90. The Hall–Kier alpha value is -0.660. The van der Waals surface area contributed by atoms with Gasteiger partial charge in [0.25, 0.3) is 0 Å². The molecular formula is C8H10F2. The predicted molar refractivity (Wildman–Crippen MR) is 37.1 cm³/mol. The number of allylic oxidation sites excluding steroid dienone is 4. The van der Waals surface area contributed by atoms with Gasteiger partial charge in [0.15, 0.2) is 0 Å². The van der Waals surface area contributed by atoms with Crippen LogP contribution in [-0.4, -0.2) is 6.17 Å². The van der Waals surface area contributed by atoms with Gasteiger partial charge in [-0.15, -0.1) is 0 Å². The second-order valence-electron chi connectivity index (χ2n) is 2.33. The molecule has 0 saturated heterocycles. The molecule has 0 nitrogen and oxygen atoms in total. The molecule has 0 spiro atoms. The molecule has 0 fully saturated rings. The van der Waals surface area contributed by atoms with Gasteiger partial charge in [-0.25, -0.2) is 8.78 Å². The van der Waals surface area contributed by atoms with E-state index in [1.54, 1.807) is 6.92 Å². The van der Waals surface area contributed by atoms with Gasteiger partial charge in [-0.1, -0.05) is 13.0 Å². The van der Waals surface area contributed by atoms with E-state index in [-0.39, 0.29) is 5.83 Å². The summed E-state index contributed by atoms with van der Waals surface area (Å²) in [5, 5.41) is 0. The van der Waals surface area contributed by atoms with Crippen LogP contribution in [0, 0.1) is 0 Å². The second kappa shape index (κ2) is 2.95. The lowest BCUT2D eigenvalue weighted by Crippen LogP contribution is -2.07. The normalized spacial score (nSPS) is 25.7. The smallest absolute Gasteiger partial charge is 0.128 e. The van der Waals surface area contributed by atoms with Crippen LogP contribution >= 0.6 is 0 Å². The SMILES string of the molecule is CCC1=C(F)C=CCC1F. The first-order valence-electron chi connectivity index (χ1n) is 3.45. The first-order valence-corrected chi connectivity index (χ1v) is 3.45. The number of rotatable bonds is 1. The van der Waals surface area contributed by atoms with Gasteiger partial charge >= 0.3 is 0 Å². The fourth-order valence-corrected chi connectivity index (χ4v) is 1.08. The van der Waals surface area contributed by atoms with Gasteiger partial charge in [-0.2, -0.15) is 0 Å². The van der Waals surface area contributed by atoms with E-state index in [1.807, 2.05) is 0 Å². The number of hydrogen-bond acceptors (Lipinski definition) is 0. The molecule has 1 unspecified atom stereocenters. The van der Waals surface area contributed by atoms with E-state index < -0.39 is 6.17 Å². The van der Waals surface area contributed by atoms with Crippen LogP contribution in [0.1, 0.15) is 19.8 Å². The minimum absolute atomic E-state index is 0.308. The van der Waals surface area contributed by atoms with Crippen molar-refractivity contribution in [3.05, 3.63) is 23.6 Å². The van der Waals surface area contributed by atoms with Crippen LogP contribution in [0.25, 0.3) is 0 Å². The third-order valence-electron chi connectivity index (χ3n) is 1.67. The van der Waals surface area contributed by atoms with E-state index in [4.69, 9.17) is 0 Å². The summed E-state index contributed by atoms with van der Waals surface area (Å²) in [4.78, 5) is 0. The minimum atomic E-state index is -1.09. The summed E-state index contributed by atoms with van der Waals surface area (Å²) >= 11 is 0. The average Bonchev–Trinajstić information content (AvgIpc) is 1.88. The molecule has 0 N–H and O–H groups in total. The van der Waals surface area contributed by atoms with Crippen LogP contribution in [-0.2, 0) is 0 Å². The Balaban J connectivity index is 2.83. The zero-order valence-electron chi connectivity index (χ0n) is 5.90. The first kappa shape index (κ1) is 7.45. The summed E-state index contributed by atoms with van der Waals surface area (Å²) < 4.78 is 25.4. The Morgan fingerprint density at radius 2 is 2.40 bits per heavy atom. The maximum absolute atomic E-state index is 12.7. The highest BCUT2D eigenvalue weighted by molar-refractivity contribution is 5.27. The van der Waals surface area contributed by atoms with Crippen molar-refractivity contribution in [2.24, 2.45) is 0 Å². The number of alkyl halides is 1. The van der Waals surface area contributed by atoms with Crippen molar-refractivity contribution in [2.75, 3.05) is 0 Å². The van der Waals surface area contributed by atoms with Crippen molar-refractivity contribution in [1.82, 2.24) is 0 Å². The summed E-state index contributed by atoms with van der Waals surface area (Å²) in [6.45, 7) is 1.76. The van der Waals surface area contributed by atoms with Crippen molar-refractivity contribution >= 4 is 0 Å². The van der Waals surface area contributed by atoms with Crippen LogP contribution in [0.4, 0.5) is 8.78 Å². The quantitative estimate of drug-likeness (QED) is 0.530. The van der Waals surface area contributed by atoms with E-state index in [0.717, 1.165) is 0 Å². The minimum Gasteiger partial charge on any atom is -0.242 e. The summed E-state index contributed by atoms with van der Waals surface area (Å²) in [6, 6.07) is 0. The van der Waals surface area contributed by atoms with Crippen LogP contribution < -0.4 is 0 Å². The van der Waals surface area contributed by atoms with Crippen molar-refractivity contribution in [3.8, 4) is 0 Å². The zero-order chi connectivity index (χ0) is 7.56. The molecule has 0 amide bonds. The number of halogens is 2. The summed E-state index contributed by atoms with van der Waals surface area (Å²) in [5.41, 5.74) is 0.308. The van der Waals surface area contributed by atoms with Crippen molar-refractivity contribution in [2.45, 2.75) is 25.9 Å². The molecule has 0 saturated carbocycles. The summed E-state index contributed by atoms with van der Waals surface area (Å²) in [5.74, 6) is -0.388. The Morgan fingerprint density at radius 3 is 2.80 bits per heavy atom. The van der Waals surface area contributed by atoms with Gasteiger partial charge in [-0.3, -0.25) is 0 Å².